The third-order valence-electron chi connectivity index (χ3n) is 2.83. The van der Waals surface area contributed by atoms with Crippen molar-refractivity contribution in [3.05, 3.63) is 50.4 Å². The third kappa shape index (κ3) is 3.32. The molecule has 3 N–H and O–H groups in total. The highest BCUT2D eigenvalue weighted by molar-refractivity contribution is 9.10. The van der Waals surface area contributed by atoms with Gasteiger partial charge >= 0.3 is 0 Å². The average Bonchev–Trinajstić information content (AvgIpc) is 2.38. The Kier molecular flexibility index (Phi) is 4.68. The van der Waals surface area contributed by atoms with Crippen LogP contribution < -0.4 is 5.32 Å². The second-order valence-corrected chi connectivity index (χ2v) is 5.98. The van der Waals surface area contributed by atoms with Gasteiger partial charge in [0.25, 0.3) is 0 Å². The van der Waals surface area contributed by atoms with Crippen molar-refractivity contribution in [3.63, 3.8) is 0 Å². The summed E-state index contributed by atoms with van der Waals surface area (Å²) in [6, 6.07) is 7.86. The van der Waals surface area contributed by atoms with Gasteiger partial charge in [-0.1, -0.05) is 23.2 Å². The van der Waals surface area contributed by atoms with Crippen molar-refractivity contribution in [3.8, 4) is 11.5 Å². The van der Waals surface area contributed by atoms with E-state index in [0.717, 1.165) is 10.0 Å². The maximum Gasteiger partial charge on any atom is 0.119 e. The van der Waals surface area contributed by atoms with Crippen molar-refractivity contribution in [2.24, 2.45) is 0 Å². The summed E-state index contributed by atoms with van der Waals surface area (Å²) in [5.41, 5.74) is 1.41. The minimum absolute atomic E-state index is 0.00795. The van der Waals surface area contributed by atoms with Gasteiger partial charge in [-0.15, -0.1) is 0 Å². The van der Waals surface area contributed by atoms with Crippen LogP contribution in [0, 0.1) is 0 Å². The molecule has 2 rings (SSSR count). The summed E-state index contributed by atoms with van der Waals surface area (Å²) in [6.45, 7) is 1.89. The maximum absolute atomic E-state index is 9.50. The van der Waals surface area contributed by atoms with Gasteiger partial charge in [0.1, 0.15) is 11.5 Å². The molecule has 3 nitrogen and oxygen atoms in total. The van der Waals surface area contributed by atoms with Crippen LogP contribution in [-0.2, 0) is 0 Å². The number of anilines is 1. The van der Waals surface area contributed by atoms with Gasteiger partial charge in [0.15, 0.2) is 0 Å². The summed E-state index contributed by atoms with van der Waals surface area (Å²) in [5.74, 6) is 0.0159. The molecule has 0 aromatic heterocycles. The lowest BCUT2D eigenvalue weighted by molar-refractivity contribution is 0.448. The Bertz CT molecular complexity index is 629. The molecule has 6 heteroatoms. The Morgan fingerprint density at radius 2 is 1.65 bits per heavy atom. The monoisotopic (exact) mass is 375 g/mol. The summed E-state index contributed by atoms with van der Waals surface area (Å²) >= 11 is 15.5. The van der Waals surface area contributed by atoms with Crippen LogP contribution in [-0.4, -0.2) is 10.2 Å². The number of aromatic hydroxyl groups is 2. The summed E-state index contributed by atoms with van der Waals surface area (Å²) in [4.78, 5) is 0. The van der Waals surface area contributed by atoms with E-state index in [4.69, 9.17) is 23.2 Å². The minimum atomic E-state index is -0.164. The van der Waals surface area contributed by atoms with Crippen molar-refractivity contribution in [1.29, 1.82) is 0 Å². The largest absolute Gasteiger partial charge is 0.508 e. The predicted octanol–water partition coefficient (Wildman–Crippen LogP) is 5.34. The summed E-state index contributed by atoms with van der Waals surface area (Å²) in [7, 11) is 0. The first-order chi connectivity index (χ1) is 9.38. The SMILES string of the molecule is CC(Nc1ccc(Br)c(Cl)c1Cl)c1cc(O)cc(O)c1. The van der Waals surface area contributed by atoms with Gasteiger partial charge in [0.05, 0.1) is 15.7 Å². The van der Waals surface area contributed by atoms with Crippen molar-refractivity contribution in [2.45, 2.75) is 13.0 Å². The maximum atomic E-state index is 9.50. The highest BCUT2D eigenvalue weighted by atomic mass is 79.9. The van der Waals surface area contributed by atoms with Crippen molar-refractivity contribution >= 4 is 44.8 Å². The zero-order valence-corrected chi connectivity index (χ0v) is 13.6. The number of phenols is 2. The van der Waals surface area contributed by atoms with Crippen molar-refractivity contribution in [1.82, 2.24) is 0 Å². The van der Waals surface area contributed by atoms with Crippen LogP contribution >= 0.6 is 39.1 Å². The number of phenolic OH excluding ortho intramolecular Hbond substituents is 2. The molecule has 0 amide bonds. The van der Waals surface area contributed by atoms with E-state index in [1.165, 1.54) is 6.07 Å². The molecule has 1 unspecified atom stereocenters. The molecule has 0 saturated carbocycles. The zero-order valence-electron chi connectivity index (χ0n) is 10.5. The van der Waals surface area contributed by atoms with Gasteiger partial charge in [-0.2, -0.15) is 0 Å². The van der Waals surface area contributed by atoms with Crippen LogP contribution in [0.25, 0.3) is 0 Å². The van der Waals surface area contributed by atoms with E-state index in [-0.39, 0.29) is 17.5 Å². The first-order valence-corrected chi connectivity index (χ1v) is 7.36. The molecule has 0 aliphatic carbocycles. The molecule has 1 atom stereocenters. The molecule has 0 aliphatic heterocycles. The van der Waals surface area contributed by atoms with Crippen molar-refractivity contribution < 1.29 is 10.2 Å². The fraction of sp³-hybridized carbons (Fsp3) is 0.143. The fourth-order valence-corrected chi connectivity index (χ4v) is 2.65. The van der Waals surface area contributed by atoms with E-state index in [1.54, 1.807) is 24.3 Å². The Morgan fingerprint density at radius 3 is 2.25 bits per heavy atom. The second-order valence-electron chi connectivity index (χ2n) is 4.37. The number of nitrogens with one attached hydrogen (secondary N) is 1. The fourth-order valence-electron chi connectivity index (χ4n) is 1.82. The van der Waals surface area contributed by atoms with Crippen LogP contribution in [0.3, 0.4) is 0 Å². The molecule has 2 aromatic rings. The molecule has 0 heterocycles. The molecule has 0 spiro atoms. The van der Waals surface area contributed by atoms with Gasteiger partial charge in [-0.05, 0) is 52.7 Å². The number of rotatable bonds is 3. The van der Waals surface area contributed by atoms with E-state index in [2.05, 4.69) is 21.2 Å². The molecule has 0 fully saturated rings. The van der Waals surface area contributed by atoms with Gasteiger partial charge in [-0.3, -0.25) is 0 Å². The summed E-state index contributed by atoms with van der Waals surface area (Å²) in [5, 5.41) is 23.0. The molecule has 0 radical (unpaired) electrons. The van der Waals surface area contributed by atoms with E-state index < -0.39 is 0 Å². The Morgan fingerprint density at radius 1 is 1.05 bits per heavy atom. The van der Waals surface area contributed by atoms with Crippen LogP contribution in [0.1, 0.15) is 18.5 Å². The Hall–Kier alpha value is -1.10. The summed E-state index contributed by atoms with van der Waals surface area (Å²) < 4.78 is 0.720. The van der Waals surface area contributed by atoms with Gasteiger partial charge in [0, 0.05) is 16.6 Å². The normalized spacial score (nSPS) is 12.2. The first-order valence-electron chi connectivity index (χ1n) is 5.81. The van der Waals surface area contributed by atoms with E-state index in [9.17, 15) is 10.2 Å². The Balaban J connectivity index is 2.28. The van der Waals surface area contributed by atoms with Gasteiger partial charge in [0.2, 0.25) is 0 Å². The number of hydrogen-bond donors (Lipinski definition) is 3. The highest BCUT2D eigenvalue weighted by Gasteiger charge is 2.13. The zero-order chi connectivity index (χ0) is 14.9. The van der Waals surface area contributed by atoms with Gasteiger partial charge in [-0.25, -0.2) is 0 Å². The number of hydrogen-bond acceptors (Lipinski definition) is 3. The first kappa shape index (κ1) is 15.3. The quantitative estimate of drug-likeness (QED) is 0.633. The topological polar surface area (TPSA) is 52.5 Å². The lowest BCUT2D eigenvalue weighted by Crippen LogP contribution is -2.07. The molecule has 106 valence electrons. The molecular formula is C14H12BrCl2NO2. The van der Waals surface area contributed by atoms with Crippen LogP contribution in [0.4, 0.5) is 5.69 Å². The van der Waals surface area contributed by atoms with E-state index in [1.807, 2.05) is 6.92 Å². The minimum Gasteiger partial charge on any atom is -0.508 e. The standard InChI is InChI=1S/C14H12BrCl2NO2/c1-7(8-4-9(19)6-10(20)5-8)18-12-3-2-11(15)13(16)14(12)17/h2-7,18-20H,1H3. The number of benzene rings is 2. The highest BCUT2D eigenvalue weighted by Crippen LogP contribution is 2.37. The lowest BCUT2D eigenvalue weighted by atomic mass is 10.1. The lowest BCUT2D eigenvalue weighted by Gasteiger charge is -2.18. The van der Waals surface area contributed by atoms with Crippen LogP contribution in [0.2, 0.25) is 10.0 Å². The smallest absolute Gasteiger partial charge is 0.119 e. The van der Waals surface area contributed by atoms with Crippen molar-refractivity contribution in [2.75, 3.05) is 5.32 Å². The van der Waals surface area contributed by atoms with E-state index in [0.29, 0.717) is 15.7 Å². The molecule has 0 aliphatic rings. The third-order valence-corrected chi connectivity index (χ3v) is 4.60. The van der Waals surface area contributed by atoms with Crippen LogP contribution in [0.5, 0.6) is 11.5 Å². The number of halogens is 3. The van der Waals surface area contributed by atoms with E-state index >= 15 is 0 Å². The second kappa shape index (κ2) is 6.12. The molecular weight excluding hydrogens is 365 g/mol. The average molecular weight is 377 g/mol. The molecule has 0 bridgehead atoms. The summed E-state index contributed by atoms with van der Waals surface area (Å²) in [6.07, 6.45) is 0. The Labute approximate surface area is 135 Å². The molecule has 20 heavy (non-hydrogen) atoms. The van der Waals surface area contributed by atoms with Gasteiger partial charge < -0.3 is 15.5 Å². The predicted molar refractivity (Wildman–Crippen MR) is 86.0 cm³/mol. The molecule has 0 saturated heterocycles. The van der Waals surface area contributed by atoms with Crippen LogP contribution in [0.15, 0.2) is 34.8 Å². The molecule has 2 aromatic carbocycles.